The Morgan fingerprint density at radius 1 is 1.22 bits per heavy atom. The molecule has 124 valence electrons. The van der Waals surface area contributed by atoms with Crippen LogP contribution in [0.25, 0.3) is 0 Å². The van der Waals surface area contributed by atoms with Gasteiger partial charge in [0.2, 0.25) is 11.8 Å². The van der Waals surface area contributed by atoms with Gasteiger partial charge in [-0.2, -0.15) is 0 Å². The summed E-state index contributed by atoms with van der Waals surface area (Å²) in [5.41, 5.74) is -0.793. The minimum Gasteiger partial charge on any atom is -0.481 e. The van der Waals surface area contributed by atoms with Gasteiger partial charge in [-0.3, -0.25) is 14.4 Å². The third-order valence-electron chi connectivity index (χ3n) is 4.07. The summed E-state index contributed by atoms with van der Waals surface area (Å²) in [6.07, 6.45) is 2.25. The molecule has 0 heterocycles. The molecule has 1 aliphatic carbocycles. The number of aliphatic carboxylic acids is 1. The molecule has 0 spiro atoms. The first kappa shape index (κ1) is 16.9. The van der Waals surface area contributed by atoms with E-state index in [-0.39, 0.29) is 18.0 Å². The van der Waals surface area contributed by atoms with Crippen LogP contribution in [-0.2, 0) is 14.4 Å². The van der Waals surface area contributed by atoms with E-state index in [0.717, 1.165) is 18.9 Å². The first-order valence-electron chi connectivity index (χ1n) is 7.43. The summed E-state index contributed by atoms with van der Waals surface area (Å²) in [6.45, 7) is 1.32. The lowest BCUT2D eigenvalue weighted by Crippen LogP contribution is -2.32. The van der Waals surface area contributed by atoms with Crippen LogP contribution in [0.1, 0.15) is 39.0 Å². The number of hydrogen-bond donors (Lipinski definition) is 3. The first-order chi connectivity index (χ1) is 10.8. The summed E-state index contributed by atoms with van der Waals surface area (Å²) in [5.74, 6) is -2.50. The lowest BCUT2D eigenvalue weighted by Gasteiger charge is -2.23. The van der Waals surface area contributed by atoms with Gasteiger partial charge in [0.25, 0.3) is 0 Å². The van der Waals surface area contributed by atoms with Crippen molar-refractivity contribution in [3.63, 3.8) is 0 Å². The molecule has 1 fully saturated rings. The second-order valence-electron chi connectivity index (χ2n) is 5.89. The molecular formula is C16H19FN2O4. The fourth-order valence-electron chi connectivity index (χ4n) is 2.92. The summed E-state index contributed by atoms with van der Waals surface area (Å²) < 4.78 is 13.8. The molecule has 0 unspecified atom stereocenters. The van der Waals surface area contributed by atoms with Crippen molar-refractivity contribution in [2.45, 2.75) is 39.0 Å². The Morgan fingerprint density at radius 2 is 1.87 bits per heavy atom. The van der Waals surface area contributed by atoms with Crippen LogP contribution in [0.15, 0.2) is 18.2 Å². The Morgan fingerprint density at radius 3 is 2.43 bits per heavy atom. The van der Waals surface area contributed by atoms with Gasteiger partial charge in [-0.1, -0.05) is 12.8 Å². The molecule has 1 aromatic rings. The van der Waals surface area contributed by atoms with E-state index in [0.29, 0.717) is 18.5 Å². The predicted molar refractivity (Wildman–Crippen MR) is 82.5 cm³/mol. The molecule has 0 aromatic heterocycles. The van der Waals surface area contributed by atoms with Gasteiger partial charge >= 0.3 is 5.97 Å². The van der Waals surface area contributed by atoms with E-state index in [2.05, 4.69) is 10.6 Å². The second kappa shape index (κ2) is 6.76. The summed E-state index contributed by atoms with van der Waals surface area (Å²) >= 11 is 0. The number of benzene rings is 1. The van der Waals surface area contributed by atoms with Crippen LogP contribution in [0.5, 0.6) is 0 Å². The zero-order chi connectivity index (χ0) is 17.0. The fourth-order valence-corrected chi connectivity index (χ4v) is 2.92. The Balaban J connectivity index is 2.10. The van der Waals surface area contributed by atoms with E-state index in [1.54, 1.807) is 0 Å². The van der Waals surface area contributed by atoms with Crippen LogP contribution in [0.2, 0.25) is 0 Å². The van der Waals surface area contributed by atoms with Gasteiger partial charge in [0.1, 0.15) is 5.82 Å². The van der Waals surface area contributed by atoms with E-state index < -0.39 is 23.1 Å². The molecule has 2 rings (SSSR count). The average molecular weight is 322 g/mol. The smallest absolute Gasteiger partial charge is 0.310 e. The van der Waals surface area contributed by atoms with Crippen molar-refractivity contribution < 1.29 is 23.9 Å². The fraction of sp³-hybridized carbons (Fsp3) is 0.438. The van der Waals surface area contributed by atoms with E-state index >= 15 is 0 Å². The molecule has 6 nitrogen and oxygen atoms in total. The highest BCUT2D eigenvalue weighted by Gasteiger charge is 2.43. The van der Waals surface area contributed by atoms with Gasteiger partial charge in [-0.25, -0.2) is 4.39 Å². The summed E-state index contributed by atoms with van der Waals surface area (Å²) in [4.78, 5) is 34.6. The van der Waals surface area contributed by atoms with Crippen LogP contribution in [0.4, 0.5) is 15.8 Å². The monoisotopic (exact) mass is 322 g/mol. The number of carbonyl (C=O) groups excluding carboxylic acids is 2. The van der Waals surface area contributed by atoms with E-state index in [1.165, 1.54) is 19.1 Å². The van der Waals surface area contributed by atoms with Crippen molar-refractivity contribution in [1.82, 2.24) is 0 Å². The van der Waals surface area contributed by atoms with Gasteiger partial charge in [-0.15, -0.1) is 0 Å². The van der Waals surface area contributed by atoms with Crippen molar-refractivity contribution in [1.29, 1.82) is 0 Å². The lowest BCUT2D eigenvalue weighted by atomic mass is 9.82. The SMILES string of the molecule is CC(=O)Nc1ccc(F)c(NC(=O)CC2(C(=O)O)CCCC2)c1. The maximum Gasteiger partial charge on any atom is 0.310 e. The molecule has 23 heavy (non-hydrogen) atoms. The van der Waals surface area contributed by atoms with Crippen LogP contribution in [0, 0.1) is 11.2 Å². The first-order valence-corrected chi connectivity index (χ1v) is 7.43. The third kappa shape index (κ3) is 4.06. The van der Waals surface area contributed by atoms with Crippen LogP contribution < -0.4 is 10.6 Å². The Labute approximate surface area is 133 Å². The number of halogens is 1. The number of nitrogens with one attached hydrogen (secondary N) is 2. The zero-order valence-electron chi connectivity index (χ0n) is 12.8. The molecular weight excluding hydrogens is 303 g/mol. The Kier molecular flexibility index (Phi) is 4.98. The van der Waals surface area contributed by atoms with E-state index in [4.69, 9.17) is 0 Å². The minimum absolute atomic E-state index is 0.0835. The molecule has 0 aliphatic heterocycles. The maximum absolute atomic E-state index is 13.8. The van der Waals surface area contributed by atoms with Gasteiger partial charge in [0.15, 0.2) is 0 Å². The number of carbonyl (C=O) groups is 3. The number of amides is 2. The minimum atomic E-state index is -1.06. The third-order valence-corrected chi connectivity index (χ3v) is 4.07. The quantitative estimate of drug-likeness (QED) is 0.776. The molecule has 0 saturated heterocycles. The van der Waals surface area contributed by atoms with Crippen molar-refractivity contribution in [3.05, 3.63) is 24.0 Å². The molecule has 2 amide bonds. The number of carboxylic acids is 1. The van der Waals surface area contributed by atoms with E-state index in [9.17, 15) is 23.9 Å². The molecule has 0 radical (unpaired) electrons. The number of rotatable bonds is 5. The highest BCUT2D eigenvalue weighted by molar-refractivity contribution is 5.95. The van der Waals surface area contributed by atoms with Crippen molar-refractivity contribution in [2.24, 2.45) is 5.41 Å². The number of anilines is 2. The molecule has 0 bridgehead atoms. The normalized spacial score (nSPS) is 15.9. The average Bonchev–Trinajstić information content (AvgIpc) is 2.91. The molecule has 0 atom stereocenters. The van der Waals surface area contributed by atoms with Gasteiger partial charge in [0.05, 0.1) is 11.1 Å². The molecule has 1 saturated carbocycles. The van der Waals surface area contributed by atoms with Crippen molar-refractivity contribution in [2.75, 3.05) is 10.6 Å². The Bertz CT molecular complexity index is 639. The summed E-state index contributed by atoms with van der Waals surface area (Å²) in [7, 11) is 0. The highest BCUT2D eigenvalue weighted by atomic mass is 19.1. The topological polar surface area (TPSA) is 95.5 Å². The summed E-state index contributed by atoms with van der Waals surface area (Å²) in [6, 6.07) is 3.81. The maximum atomic E-state index is 13.8. The lowest BCUT2D eigenvalue weighted by molar-refractivity contribution is -0.150. The largest absolute Gasteiger partial charge is 0.481 e. The molecule has 3 N–H and O–H groups in total. The van der Waals surface area contributed by atoms with Crippen LogP contribution in [0.3, 0.4) is 0 Å². The zero-order valence-corrected chi connectivity index (χ0v) is 12.8. The van der Waals surface area contributed by atoms with Gasteiger partial charge in [-0.05, 0) is 31.0 Å². The number of carboxylic acid groups (broad SMARTS) is 1. The standard InChI is InChI=1S/C16H19FN2O4/c1-10(20)18-11-4-5-12(17)13(8-11)19-14(21)9-16(15(22)23)6-2-3-7-16/h4-5,8H,2-3,6-7,9H2,1H3,(H,18,20)(H,19,21)(H,22,23). The summed E-state index contributed by atoms with van der Waals surface area (Å²) in [5, 5.41) is 14.3. The van der Waals surface area contributed by atoms with Gasteiger partial charge in [0, 0.05) is 19.0 Å². The van der Waals surface area contributed by atoms with Crippen molar-refractivity contribution in [3.8, 4) is 0 Å². The Hall–Kier alpha value is -2.44. The van der Waals surface area contributed by atoms with Crippen LogP contribution in [-0.4, -0.2) is 22.9 Å². The van der Waals surface area contributed by atoms with Gasteiger partial charge < -0.3 is 15.7 Å². The highest BCUT2D eigenvalue weighted by Crippen LogP contribution is 2.41. The molecule has 1 aliphatic rings. The van der Waals surface area contributed by atoms with Crippen LogP contribution >= 0.6 is 0 Å². The number of hydrogen-bond acceptors (Lipinski definition) is 3. The van der Waals surface area contributed by atoms with Crippen molar-refractivity contribution >= 4 is 29.2 Å². The molecule has 1 aromatic carbocycles. The predicted octanol–water partition coefficient (Wildman–Crippen LogP) is 2.76. The van der Waals surface area contributed by atoms with E-state index in [1.807, 2.05) is 0 Å². The molecule has 7 heteroatoms. The second-order valence-corrected chi connectivity index (χ2v) is 5.89.